The summed E-state index contributed by atoms with van der Waals surface area (Å²) in [6, 6.07) is 35.1. The molecule has 0 bridgehead atoms. The van der Waals surface area contributed by atoms with Crippen LogP contribution in [0.15, 0.2) is 212 Å². The van der Waals surface area contributed by atoms with Crippen LogP contribution in [0, 0.1) is 0 Å². The summed E-state index contributed by atoms with van der Waals surface area (Å²) in [6.07, 6.45) is 0. The smallest absolute Gasteiger partial charge is 0.0630 e. The van der Waals surface area contributed by atoms with Crippen LogP contribution in [0.5, 0.6) is 0 Å². The molecular formula is C54H35N3. The predicted molar refractivity (Wildman–Crippen MR) is 240 cm³/mol. The molecule has 266 valence electrons. The van der Waals surface area contributed by atoms with Gasteiger partial charge < -0.3 is 13.7 Å². The second-order valence-electron chi connectivity index (χ2n) is 13.9. The SMILES string of the molecule is [2H]c1c([2H])c([2H])c(-c2c([2H])c([2H])c([2H])c(-c3c([2H])c([2H])c([2H])c([2H])c3[2H])c2-n2c3ccccc3c3c(-n4c5ccccc5c5c(-n6c7ccccc7c7ccccc76)cccc54)cccc32)c([2H])c1[2H]. The van der Waals surface area contributed by atoms with Crippen molar-refractivity contribution < 1.29 is 17.8 Å². The first-order chi connectivity index (χ1) is 33.7. The Morgan fingerprint density at radius 3 is 1.16 bits per heavy atom. The van der Waals surface area contributed by atoms with Crippen LogP contribution >= 0.6 is 0 Å². The van der Waals surface area contributed by atoms with Crippen LogP contribution in [0.1, 0.15) is 17.8 Å². The Morgan fingerprint density at radius 2 is 0.667 bits per heavy atom. The number of fused-ring (bicyclic) bond motifs is 9. The van der Waals surface area contributed by atoms with Gasteiger partial charge in [-0.2, -0.15) is 0 Å². The lowest BCUT2D eigenvalue weighted by Gasteiger charge is -2.19. The topological polar surface area (TPSA) is 14.8 Å². The van der Waals surface area contributed by atoms with Crippen LogP contribution in [0.3, 0.4) is 0 Å². The number of para-hydroxylation sites is 5. The summed E-state index contributed by atoms with van der Waals surface area (Å²) in [5.74, 6) is 0. The summed E-state index contributed by atoms with van der Waals surface area (Å²) in [6.45, 7) is 0. The van der Waals surface area contributed by atoms with E-state index in [1.807, 2.05) is 72.8 Å². The molecule has 0 fully saturated rings. The van der Waals surface area contributed by atoms with Gasteiger partial charge in [0.2, 0.25) is 0 Å². The van der Waals surface area contributed by atoms with Crippen LogP contribution in [-0.4, -0.2) is 13.7 Å². The van der Waals surface area contributed by atoms with Crippen LogP contribution in [0.2, 0.25) is 0 Å². The van der Waals surface area contributed by atoms with Gasteiger partial charge in [0.05, 0.1) is 68.0 Å². The summed E-state index contributed by atoms with van der Waals surface area (Å²) in [5, 5.41) is 5.55. The van der Waals surface area contributed by atoms with Gasteiger partial charge in [-0.15, -0.1) is 0 Å². The fourth-order valence-electron chi connectivity index (χ4n) is 8.79. The molecule has 0 aliphatic heterocycles. The number of hydrogen-bond donors (Lipinski definition) is 0. The molecule has 12 aromatic rings. The summed E-state index contributed by atoms with van der Waals surface area (Å²) in [4.78, 5) is 0. The quantitative estimate of drug-likeness (QED) is 0.167. The number of rotatable bonds is 5. The maximum atomic E-state index is 9.56. The first-order valence-electron chi connectivity index (χ1n) is 25.1. The van der Waals surface area contributed by atoms with Crippen LogP contribution in [0.4, 0.5) is 0 Å². The first kappa shape index (κ1) is 21.5. The van der Waals surface area contributed by atoms with E-state index < -0.39 is 89.7 Å². The van der Waals surface area contributed by atoms with Crippen molar-refractivity contribution in [2.75, 3.05) is 0 Å². The van der Waals surface area contributed by atoms with Crippen molar-refractivity contribution in [3.05, 3.63) is 212 Å². The molecule has 0 aliphatic rings. The Morgan fingerprint density at radius 1 is 0.298 bits per heavy atom. The van der Waals surface area contributed by atoms with E-state index in [2.05, 4.69) is 57.7 Å². The maximum absolute atomic E-state index is 9.56. The molecule has 0 atom stereocenters. The van der Waals surface area contributed by atoms with Gasteiger partial charge in [0.1, 0.15) is 0 Å². The van der Waals surface area contributed by atoms with Crippen molar-refractivity contribution in [1.82, 2.24) is 13.7 Å². The van der Waals surface area contributed by atoms with E-state index in [9.17, 15) is 9.60 Å². The lowest BCUT2D eigenvalue weighted by Crippen LogP contribution is -2.01. The fourth-order valence-corrected chi connectivity index (χ4v) is 8.79. The van der Waals surface area contributed by atoms with E-state index >= 15 is 0 Å². The Kier molecular flexibility index (Phi) is 4.69. The minimum Gasteiger partial charge on any atom is -0.309 e. The van der Waals surface area contributed by atoms with Gasteiger partial charge in [0.15, 0.2) is 0 Å². The van der Waals surface area contributed by atoms with E-state index in [1.165, 1.54) is 0 Å². The fraction of sp³-hybridized carbons (Fsp3) is 0. The molecule has 12 rings (SSSR count). The molecule has 0 amide bonds. The minimum atomic E-state index is -0.738. The number of nitrogens with zero attached hydrogens (tertiary/aromatic N) is 3. The molecule has 0 aliphatic carbocycles. The zero-order valence-corrected chi connectivity index (χ0v) is 30.0. The van der Waals surface area contributed by atoms with E-state index in [0.29, 0.717) is 21.8 Å². The summed E-state index contributed by atoms with van der Waals surface area (Å²) in [7, 11) is 0. The highest BCUT2D eigenvalue weighted by molar-refractivity contribution is 6.19. The Balaban J connectivity index is 1.27. The second kappa shape index (κ2) is 12.5. The van der Waals surface area contributed by atoms with Crippen LogP contribution in [-0.2, 0) is 0 Å². The first-order valence-corrected chi connectivity index (χ1v) is 18.6. The highest BCUT2D eigenvalue weighted by Crippen LogP contribution is 2.45. The zero-order valence-electron chi connectivity index (χ0n) is 43.0. The molecule has 0 spiro atoms. The monoisotopic (exact) mass is 738 g/mol. The van der Waals surface area contributed by atoms with Gasteiger partial charge in [-0.1, -0.05) is 163 Å². The van der Waals surface area contributed by atoms with Gasteiger partial charge >= 0.3 is 0 Å². The van der Waals surface area contributed by atoms with Crippen molar-refractivity contribution in [2.24, 2.45) is 0 Å². The number of aromatic nitrogens is 3. The highest BCUT2D eigenvalue weighted by atomic mass is 15.0. The molecule has 0 saturated carbocycles. The Bertz CT molecular complexity index is 4090. The van der Waals surface area contributed by atoms with E-state index in [4.69, 9.17) is 8.22 Å². The second-order valence-corrected chi connectivity index (χ2v) is 13.9. The normalized spacial score (nSPS) is 15.1. The lowest BCUT2D eigenvalue weighted by atomic mass is 9.95. The summed E-state index contributed by atoms with van der Waals surface area (Å²) < 4.78 is 123. The summed E-state index contributed by atoms with van der Waals surface area (Å²) >= 11 is 0. The molecule has 9 aromatic carbocycles. The Labute approximate surface area is 347 Å². The van der Waals surface area contributed by atoms with Crippen molar-refractivity contribution in [3.63, 3.8) is 0 Å². The lowest BCUT2D eigenvalue weighted by molar-refractivity contribution is 1.17. The third-order valence-corrected chi connectivity index (χ3v) is 11.0. The van der Waals surface area contributed by atoms with E-state index in [0.717, 1.165) is 55.0 Å². The van der Waals surface area contributed by atoms with Gasteiger partial charge in [-0.3, -0.25) is 0 Å². The Hall–Kier alpha value is -7.62. The molecule has 0 N–H and O–H groups in total. The minimum absolute atomic E-state index is 0.165. The average Bonchev–Trinajstić information content (AvgIpc) is 4.03. The van der Waals surface area contributed by atoms with Gasteiger partial charge in [0.25, 0.3) is 0 Å². The van der Waals surface area contributed by atoms with Crippen LogP contribution < -0.4 is 0 Å². The van der Waals surface area contributed by atoms with Gasteiger partial charge in [-0.25, -0.2) is 0 Å². The molecule has 0 unspecified atom stereocenters. The van der Waals surface area contributed by atoms with Crippen molar-refractivity contribution in [3.8, 4) is 39.3 Å². The van der Waals surface area contributed by atoms with Crippen LogP contribution in [0.25, 0.3) is 105 Å². The van der Waals surface area contributed by atoms with Gasteiger partial charge in [-0.05, 0) is 59.7 Å². The molecular weight excluding hydrogens is 691 g/mol. The molecule has 0 saturated heterocycles. The zero-order chi connectivity index (χ0) is 48.8. The summed E-state index contributed by atoms with van der Waals surface area (Å²) in [5.41, 5.74) is 4.72. The number of hydrogen-bond acceptors (Lipinski definition) is 0. The predicted octanol–water partition coefficient (Wildman–Crippen LogP) is 14.3. The van der Waals surface area contributed by atoms with E-state index in [-0.39, 0.29) is 16.8 Å². The third-order valence-electron chi connectivity index (χ3n) is 11.0. The largest absolute Gasteiger partial charge is 0.309 e. The van der Waals surface area contributed by atoms with E-state index in [1.54, 1.807) is 16.7 Å². The molecule has 3 heteroatoms. The highest BCUT2D eigenvalue weighted by Gasteiger charge is 2.24. The third kappa shape index (κ3) is 4.60. The molecule has 0 radical (unpaired) electrons. The van der Waals surface area contributed by atoms with Crippen molar-refractivity contribution >= 4 is 65.4 Å². The average molecular weight is 739 g/mol. The molecule has 57 heavy (non-hydrogen) atoms. The standard InChI is InChI=1S/C54H35N3/c1-3-18-36(19-4-1)38-26-15-27-39(37-20-5-2-6-21-37)54(38)57-47-31-14-10-25-43(47)53-50(34-17-35-51(53)57)56-46-30-13-9-24-42(46)52-48(32-16-33-49(52)56)55-44-28-11-7-22-40(44)41-23-8-12-29-45(41)55/h1-35H/i1D,2D,3D,4D,5D,6D,15D,18D,19D,20D,21D,26D,27D. The number of benzene rings is 9. The van der Waals surface area contributed by atoms with Gasteiger partial charge in [0, 0.05) is 43.4 Å². The molecule has 3 heterocycles. The molecule has 3 aromatic heterocycles. The molecule has 3 nitrogen and oxygen atoms in total. The van der Waals surface area contributed by atoms with Crippen molar-refractivity contribution in [1.29, 1.82) is 0 Å². The maximum Gasteiger partial charge on any atom is 0.0630 e. The van der Waals surface area contributed by atoms with Crippen molar-refractivity contribution in [2.45, 2.75) is 0 Å².